The molecule has 1 fully saturated rings. The number of carbonyl (C=O) groups is 2. The molecule has 1 atom stereocenters. The van der Waals surface area contributed by atoms with Crippen LogP contribution in [0.1, 0.15) is 85.3 Å². The summed E-state index contributed by atoms with van der Waals surface area (Å²) in [5.74, 6) is 0.0761. The maximum absolute atomic E-state index is 12.9. The summed E-state index contributed by atoms with van der Waals surface area (Å²) >= 11 is 0. The summed E-state index contributed by atoms with van der Waals surface area (Å²) in [7, 11) is 2.13. The Bertz CT molecular complexity index is 1120. The van der Waals surface area contributed by atoms with Gasteiger partial charge >= 0.3 is 5.97 Å². The van der Waals surface area contributed by atoms with Crippen molar-refractivity contribution in [3.63, 3.8) is 0 Å². The van der Waals surface area contributed by atoms with Crippen LogP contribution < -0.4 is 5.32 Å². The molecule has 0 radical (unpaired) electrons. The van der Waals surface area contributed by atoms with Gasteiger partial charge in [-0.2, -0.15) is 5.10 Å². The van der Waals surface area contributed by atoms with Crippen molar-refractivity contribution in [1.82, 2.24) is 9.91 Å². The molecule has 7 heteroatoms. The van der Waals surface area contributed by atoms with E-state index in [1.54, 1.807) is 0 Å². The summed E-state index contributed by atoms with van der Waals surface area (Å²) in [4.78, 5) is 27.6. The minimum Gasteiger partial charge on any atom is -0.466 e. The Morgan fingerprint density at radius 3 is 2.50 bits per heavy atom. The molecule has 1 aliphatic carbocycles. The van der Waals surface area contributed by atoms with Crippen LogP contribution in [-0.2, 0) is 22.4 Å². The highest BCUT2D eigenvalue weighted by Gasteiger charge is 2.22. The van der Waals surface area contributed by atoms with Crippen molar-refractivity contribution < 1.29 is 14.3 Å². The minimum absolute atomic E-state index is 0.0801. The normalized spacial score (nSPS) is 17.6. The number of nitrogens with one attached hydrogen (secondary N) is 1. The lowest BCUT2D eigenvalue weighted by atomic mass is 9.82. The molecule has 1 saturated heterocycles. The Morgan fingerprint density at radius 2 is 1.73 bits per heavy atom. The van der Waals surface area contributed by atoms with E-state index in [2.05, 4.69) is 46.4 Å². The maximum Gasteiger partial charge on any atom is 0.306 e. The first kappa shape index (κ1) is 29.8. The summed E-state index contributed by atoms with van der Waals surface area (Å²) in [5.41, 5.74) is 4.89. The average Bonchev–Trinajstić information content (AvgIpc) is 2.96. The number of fused-ring (bicyclic) bond motifs is 1. The van der Waals surface area contributed by atoms with E-state index in [4.69, 9.17) is 4.74 Å². The highest BCUT2D eigenvalue weighted by molar-refractivity contribution is 6.04. The third-order valence-electron chi connectivity index (χ3n) is 8.03. The van der Waals surface area contributed by atoms with Crippen LogP contribution in [0.4, 0.5) is 5.69 Å². The molecule has 1 N–H and O–H groups in total. The number of aryl methyl sites for hydroxylation is 1. The standard InChI is InChI=1S/C33H46N4O3/c1-3-4-5-6-7-8-21-40-32(38)23-27-11-12-28-15-16-31(24-30(28)22-27)35-33(39)29-13-9-26(10-14-29)25-34-37-19-17-36(2)18-20-37/h9-10,13-16,24-25,27H,3-8,11-12,17-23H2,1-2H3,(H,35,39)/b34-25+. The predicted molar refractivity (Wildman–Crippen MR) is 162 cm³/mol. The topological polar surface area (TPSA) is 74.2 Å². The van der Waals surface area contributed by atoms with Crippen molar-refractivity contribution >= 4 is 23.8 Å². The summed E-state index contributed by atoms with van der Waals surface area (Å²) in [5, 5.41) is 9.71. The fourth-order valence-electron chi connectivity index (χ4n) is 5.43. The number of rotatable bonds is 13. The van der Waals surface area contributed by atoms with Crippen molar-refractivity contribution in [2.24, 2.45) is 11.0 Å². The van der Waals surface area contributed by atoms with Gasteiger partial charge < -0.3 is 15.0 Å². The maximum atomic E-state index is 12.9. The molecule has 2 aliphatic rings. The van der Waals surface area contributed by atoms with E-state index in [1.165, 1.54) is 36.8 Å². The summed E-state index contributed by atoms with van der Waals surface area (Å²) in [6.07, 6.45) is 12.2. The molecule has 2 aromatic rings. The number of piperazine rings is 1. The third kappa shape index (κ3) is 9.47. The Balaban J connectivity index is 1.22. The number of unbranched alkanes of at least 4 members (excludes halogenated alkanes) is 5. The van der Waals surface area contributed by atoms with Crippen LogP contribution in [0, 0.1) is 5.92 Å². The number of likely N-dealkylation sites (N-methyl/N-ethyl adjacent to an activating group) is 1. The number of hydrogen-bond donors (Lipinski definition) is 1. The number of carbonyl (C=O) groups excluding carboxylic acids is 2. The molecule has 4 rings (SSSR count). The molecular weight excluding hydrogens is 500 g/mol. The van der Waals surface area contributed by atoms with Crippen molar-refractivity contribution in [3.8, 4) is 0 Å². The molecule has 1 aliphatic heterocycles. The number of esters is 1. The quantitative estimate of drug-likeness (QED) is 0.192. The van der Waals surface area contributed by atoms with Crippen LogP contribution in [0.25, 0.3) is 0 Å². The van der Waals surface area contributed by atoms with Gasteiger partial charge in [-0.15, -0.1) is 0 Å². The second-order valence-electron chi connectivity index (χ2n) is 11.4. The van der Waals surface area contributed by atoms with Crippen LogP contribution in [0.3, 0.4) is 0 Å². The van der Waals surface area contributed by atoms with E-state index < -0.39 is 0 Å². The van der Waals surface area contributed by atoms with Gasteiger partial charge in [0.25, 0.3) is 5.91 Å². The number of nitrogens with zero attached hydrogens (tertiary/aromatic N) is 3. The van der Waals surface area contributed by atoms with Crippen LogP contribution in [0.5, 0.6) is 0 Å². The third-order valence-corrected chi connectivity index (χ3v) is 8.03. The van der Waals surface area contributed by atoms with Gasteiger partial charge in [0.2, 0.25) is 0 Å². The van der Waals surface area contributed by atoms with Gasteiger partial charge in [-0.1, -0.05) is 57.2 Å². The monoisotopic (exact) mass is 546 g/mol. The fourth-order valence-corrected chi connectivity index (χ4v) is 5.43. The fraction of sp³-hybridized carbons (Fsp3) is 0.545. The van der Waals surface area contributed by atoms with Gasteiger partial charge in [-0.3, -0.25) is 14.6 Å². The smallest absolute Gasteiger partial charge is 0.306 e. The van der Waals surface area contributed by atoms with Crippen LogP contribution in [-0.4, -0.2) is 67.8 Å². The van der Waals surface area contributed by atoms with E-state index in [-0.39, 0.29) is 17.8 Å². The molecule has 0 saturated carbocycles. The lowest BCUT2D eigenvalue weighted by Gasteiger charge is -2.30. The molecule has 216 valence electrons. The van der Waals surface area contributed by atoms with Crippen molar-refractivity contribution in [2.45, 2.75) is 71.1 Å². The van der Waals surface area contributed by atoms with Crippen molar-refractivity contribution in [2.75, 3.05) is 45.2 Å². The average molecular weight is 547 g/mol. The van der Waals surface area contributed by atoms with Gasteiger partial charge in [-0.05, 0) is 79.6 Å². The lowest BCUT2D eigenvalue weighted by molar-refractivity contribution is -0.145. The second kappa shape index (κ2) is 15.6. The Hall–Kier alpha value is -3.19. The SMILES string of the molecule is CCCCCCCCOC(=O)CC1CCc2ccc(NC(=O)c3ccc(/C=N/N4CCN(C)CC4)cc3)cc2C1. The highest BCUT2D eigenvalue weighted by Crippen LogP contribution is 2.30. The lowest BCUT2D eigenvalue weighted by Crippen LogP contribution is -2.41. The van der Waals surface area contributed by atoms with E-state index in [0.717, 1.165) is 69.5 Å². The summed E-state index contributed by atoms with van der Waals surface area (Å²) in [6.45, 7) is 6.65. The van der Waals surface area contributed by atoms with Gasteiger partial charge in [0.1, 0.15) is 0 Å². The van der Waals surface area contributed by atoms with Gasteiger partial charge in [0, 0.05) is 43.9 Å². The van der Waals surface area contributed by atoms with E-state index >= 15 is 0 Å². The Labute approximate surface area is 240 Å². The largest absolute Gasteiger partial charge is 0.466 e. The van der Waals surface area contributed by atoms with Gasteiger partial charge in [-0.25, -0.2) is 0 Å². The molecule has 1 unspecified atom stereocenters. The van der Waals surface area contributed by atoms with Crippen LogP contribution in [0.2, 0.25) is 0 Å². The molecule has 0 bridgehead atoms. The number of anilines is 1. The number of hydrogen-bond acceptors (Lipinski definition) is 6. The zero-order valence-electron chi connectivity index (χ0n) is 24.4. The number of benzene rings is 2. The molecule has 2 aromatic carbocycles. The van der Waals surface area contributed by atoms with E-state index in [0.29, 0.717) is 18.6 Å². The molecule has 0 aromatic heterocycles. The summed E-state index contributed by atoms with van der Waals surface area (Å²) < 4.78 is 5.51. The second-order valence-corrected chi connectivity index (χ2v) is 11.4. The zero-order valence-corrected chi connectivity index (χ0v) is 24.4. The zero-order chi connectivity index (χ0) is 28.2. The van der Waals surface area contributed by atoms with Crippen LogP contribution >= 0.6 is 0 Å². The molecule has 1 amide bonds. The van der Waals surface area contributed by atoms with Gasteiger partial charge in [0.15, 0.2) is 0 Å². The Kier molecular flexibility index (Phi) is 11.6. The first-order valence-corrected chi connectivity index (χ1v) is 15.2. The molecular formula is C33H46N4O3. The number of amides is 1. The minimum atomic E-state index is -0.131. The van der Waals surface area contributed by atoms with E-state index in [1.807, 2.05) is 36.5 Å². The first-order valence-electron chi connectivity index (χ1n) is 15.2. The van der Waals surface area contributed by atoms with Gasteiger partial charge in [0.05, 0.1) is 12.8 Å². The first-order chi connectivity index (χ1) is 19.5. The number of ether oxygens (including phenoxy) is 1. The summed E-state index contributed by atoms with van der Waals surface area (Å²) in [6, 6.07) is 13.7. The number of hydrazone groups is 1. The van der Waals surface area contributed by atoms with Crippen molar-refractivity contribution in [1.29, 1.82) is 0 Å². The molecule has 1 heterocycles. The molecule has 0 spiro atoms. The molecule has 40 heavy (non-hydrogen) atoms. The Morgan fingerprint density at radius 1 is 0.975 bits per heavy atom. The van der Waals surface area contributed by atoms with Crippen LogP contribution in [0.15, 0.2) is 47.6 Å². The predicted octanol–water partition coefficient (Wildman–Crippen LogP) is 5.92. The highest BCUT2D eigenvalue weighted by atomic mass is 16.5. The van der Waals surface area contributed by atoms with E-state index in [9.17, 15) is 9.59 Å². The molecule has 7 nitrogen and oxygen atoms in total. The van der Waals surface area contributed by atoms with Crippen molar-refractivity contribution in [3.05, 3.63) is 64.7 Å².